The number of carbonyl (C=O) groups is 1. The number of carbonyl (C=O) groups excluding carboxylic acids is 1. The smallest absolute Gasteiger partial charge is 0.380 e. The summed E-state index contributed by atoms with van der Waals surface area (Å²) >= 11 is 0. The largest absolute Gasteiger partial charge is 0.449 e. The number of nitrogens with zero attached hydrogens (tertiary/aromatic N) is 2. The van der Waals surface area contributed by atoms with Gasteiger partial charge in [-0.1, -0.05) is 18.2 Å². The van der Waals surface area contributed by atoms with Crippen LogP contribution in [-0.2, 0) is 11.3 Å². The van der Waals surface area contributed by atoms with Crippen LogP contribution in [0.25, 0.3) is 22.4 Å². The van der Waals surface area contributed by atoms with Crippen LogP contribution in [0.2, 0.25) is 0 Å². The van der Waals surface area contributed by atoms with Crippen molar-refractivity contribution in [3.05, 3.63) is 66.2 Å². The van der Waals surface area contributed by atoms with E-state index in [1.54, 1.807) is 37.4 Å². The quantitative estimate of drug-likeness (QED) is 0.399. The predicted octanol–water partition coefficient (Wildman–Crippen LogP) is 3.85. The van der Waals surface area contributed by atoms with E-state index < -0.39 is 5.97 Å². The number of hydrogen-bond donors (Lipinski definition) is 0. The lowest BCUT2D eigenvalue weighted by Crippen LogP contribution is -2.10. The molecule has 0 N–H and O–H groups in total. The number of benzene rings is 2. The Kier molecular flexibility index (Phi) is 4.20. The molecule has 0 spiro atoms. The van der Waals surface area contributed by atoms with Crippen molar-refractivity contribution < 1.29 is 23.1 Å². The molecule has 0 saturated carbocycles. The van der Waals surface area contributed by atoms with Crippen molar-refractivity contribution in [3.63, 3.8) is 0 Å². The van der Waals surface area contributed by atoms with E-state index in [-0.39, 0.29) is 12.4 Å². The van der Waals surface area contributed by atoms with Crippen LogP contribution in [-0.4, -0.2) is 23.3 Å². The van der Waals surface area contributed by atoms with Gasteiger partial charge in [0.05, 0.1) is 6.61 Å². The van der Waals surface area contributed by atoms with Crippen LogP contribution < -0.4 is 4.74 Å². The second-order valence-corrected chi connectivity index (χ2v) is 5.50. The van der Waals surface area contributed by atoms with Gasteiger partial charge in [0.2, 0.25) is 18.0 Å². The Labute approximate surface area is 148 Å². The van der Waals surface area contributed by atoms with Crippen molar-refractivity contribution in [3.8, 4) is 17.2 Å². The summed E-state index contributed by atoms with van der Waals surface area (Å²) in [4.78, 5) is 12.6. The van der Waals surface area contributed by atoms with Crippen LogP contribution in [0.4, 0.5) is 0 Å². The molecule has 2 aromatic carbocycles. The summed E-state index contributed by atoms with van der Waals surface area (Å²) in [5.41, 5.74) is 2.00. The van der Waals surface area contributed by atoms with E-state index in [1.165, 1.54) is 6.39 Å². The fourth-order valence-corrected chi connectivity index (χ4v) is 2.67. The van der Waals surface area contributed by atoms with Crippen molar-refractivity contribution in [1.29, 1.82) is 0 Å². The average Bonchev–Trinajstić information content (AvgIpc) is 3.31. The minimum Gasteiger partial charge on any atom is -0.449 e. The molecule has 0 saturated heterocycles. The molecule has 26 heavy (non-hydrogen) atoms. The highest BCUT2D eigenvalue weighted by molar-refractivity contribution is 5.97. The molecule has 4 rings (SSSR count). The molecule has 0 atom stereocenters. The highest BCUT2D eigenvalue weighted by atomic mass is 16.5. The first-order valence-electron chi connectivity index (χ1n) is 7.84. The summed E-state index contributed by atoms with van der Waals surface area (Å²) in [7, 11) is 1.56. The predicted molar refractivity (Wildman–Crippen MR) is 91.6 cm³/mol. The zero-order valence-corrected chi connectivity index (χ0v) is 13.8. The fourth-order valence-electron chi connectivity index (χ4n) is 2.67. The standard InChI is InChI=1S/C19H14N2O5/c1-23-10-15-14-4-2-3-5-16(14)26-17(15)19(22)25-13-8-6-12(7-9-13)18-21-20-11-24-18/h2-9,11H,10H2,1H3. The first kappa shape index (κ1) is 16.0. The molecule has 0 aliphatic carbocycles. The van der Waals surface area contributed by atoms with Crippen molar-refractivity contribution in [2.75, 3.05) is 7.11 Å². The van der Waals surface area contributed by atoms with Gasteiger partial charge in [-0.2, -0.15) is 0 Å². The second-order valence-electron chi connectivity index (χ2n) is 5.50. The molecule has 0 unspecified atom stereocenters. The van der Waals surface area contributed by atoms with Gasteiger partial charge in [-0.15, -0.1) is 10.2 Å². The average molecular weight is 350 g/mol. The van der Waals surface area contributed by atoms with Gasteiger partial charge in [0, 0.05) is 23.6 Å². The number of furan rings is 1. The van der Waals surface area contributed by atoms with E-state index in [1.807, 2.05) is 18.2 Å². The number of methoxy groups -OCH3 is 1. The molecule has 0 amide bonds. The van der Waals surface area contributed by atoms with E-state index in [9.17, 15) is 4.79 Å². The molecule has 4 aromatic rings. The summed E-state index contributed by atoms with van der Waals surface area (Å²) in [5, 5.41) is 8.29. The summed E-state index contributed by atoms with van der Waals surface area (Å²) in [6.45, 7) is 0.248. The van der Waals surface area contributed by atoms with Crippen LogP contribution >= 0.6 is 0 Å². The van der Waals surface area contributed by atoms with Crippen LogP contribution in [0, 0.1) is 0 Å². The topological polar surface area (TPSA) is 87.6 Å². The third kappa shape index (κ3) is 2.96. The molecule has 2 heterocycles. The molecule has 7 heteroatoms. The monoisotopic (exact) mass is 350 g/mol. The van der Waals surface area contributed by atoms with Gasteiger partial charge in [-0.3, -0.25) is 0 Å². The van der Waals surface area contributed by atoms with Gasteiger partial charge in [0.25, 0.3) is 0 Å². The third-order valence-corrected chi connectivity index (χ3v) is 3.84. The summed E-state index contributed by atoms with van der Waals surface area (Å²) in [6, 6.07) is 14.1. The Morgan fingerprint density at radius 3 is 2.65 bits per heavy atom. The number of para-hydroxylation sites is 1. The minimum atomic E-state index is -0.584. The first-order chi connectivity index (χ1) is 12.8. The Hall–Kier alpha value is -3.45. The van der Waals surface area contributed by atoms with Crippen LogP contribution in [0.15, 0.2) is 63.8 Å². The van der Waals surface area contributed by atoms with Crippen molar-refractivity contribution in [2.45, 2.75) is 6.61 Å². The summed E-state index contributed by atoms with van der Waals surface area (Å²) in [5.74, 6) is 0.317. The Bertz CT molecular complexity index is 1040. The lowest BCUT2D eigenvalue weighted by Gasteiger charge is -2.05. The van der Waals surface area contributed by atoms with E-state index in [0.717, 1.165) is 10.9 Å². The highest BCUT2D eigenvalue weighted by Crippen LogP contribution is 2.28. The van der Waals surface area contributed by atoms with Gasteiger partial charge < -0.3 is 18.3 Å². The normalized spacial score (nSPS) is 11.0. The molecule has 130 valence electrons. The van der Waals surface area contributed by atoms with Gasteiger partial charge in [-0.25, -0.2) is 4.79 Å². The maximum absolute atomic E-state index is 12.6. The van der Waals surface area contributed by atoms with Gasteiger partial charge >= 0.3 is 5.97 Å². The Morgan fingerprint density at radius 1 is 1.12 bits per heavy atom. The third-order valence-electron chi connectivity index (χ3n) is 3.84. The van der Waals surface area contributed by atoms with Crippen molar-refractivity contribution in [1.82, 2.24) is 10.2 Å². The molecule has 0 aliphatic heterocycles. The first-order valence-corrected chi connectivity index (χ1v) is 7.84. The van der Waals surface area contributed by atoms with E-state index in [0.29, 0.717) is 22.8 Å². The zero-order valence-electron chi connectivity index (χ0n) is 13.8. The lowest BCUT2D eigenvalue weighted by molar-refractivity contribution is 0.0697. The molecular formula is C19H14N2O5. The fraction of sp³-hybridized carbons (Fsp3) is 0.105. The number of esters is 1. The maximum atomic E-state index is 12.6. The Morgan fingerprint density at radius 2 is 1.92 bits per heavy atom. The van der Waals surface area contributed by atoms with Crippen LogP contribution in [0.5, 0.6) is 5.75 Å². The summed E-state index contributed by atoms with van der Waals surface area (Å²) in [6.07, 6.45) is 1.25. The second kappa shape index (κ2) is 6.81. The van der Waals surface area contributed by atoms with E-state index in [2.05, 4.69) is 10.2 Å². The molecule has 0 bridgehead atoms. The number of fused-ring (bicyclic) bond motifs is 1. The van der Waals surface area contributed by atoms with Gasteiger partial charge in [-0.05, 0) is 30.3 Å². The van der Waals surface area contributed by atoms with Crippen LogP contribution in [0.3, 0.4) is 0 Å². The number of rotatable bonds is 5. The van der Waals surface area contributed by atoms with Gasteiger partial charge in [0.1, 0.15) is 11.3 Å². The van der Waals surface area contributed by atoms with Crippen molar-refractivity contribution in [2.24, 2.45) is 0 Å². The van der Waals surface area contributed by atoms with E-state index in [4.69, 9.17) is 18.3 Å². The SMILES string of the molecule is COCc1c(C(=O)Oc2ccc(-c3nnco3)cc2)oc2ccccc12. The molecule has 0 radical (unpaired) electrons. The molecular weight excluding hydrogens is 336 g/mol. The summed E-state index contributed by atoms with van der Waals surface area (Å²) < 4.78 is 21.4. The molecule has 2 aromatic heterocycles. The Balaban J connectivity index is 1.60. The molecule has 0 aliphatic rings. The maximum Gasteiger partial charge on any atom is 0.380 e. The van der Waals surface area contributed by atoms with Crippen LogP contribution in [0.1, 0.15) is 16.1 Å². The number of hydrogen-bond acceptors (Lipinski definition) is 7. The number of ether oxygens (including phenoxy) is 2. The minimum absolute atomic E-state index is 0.133. The lowest BCUT2D eigenvalue weighted by atomic mass is 10.1. The van der Waals surface area contributed by atoms with E-state index >= 15 is 0 Å². The van der Waals surface area contributed by atoms with Crippen molar-refractivity contribution >= 4 is 16.9 Å². The zero-order chi connectivity index (χ0) is 17.9. The number of aromatic nitrogens is 2. The molecule has 7 nitrogen and oxygen atoms in total. The van der Waals surface area contributed by atoms with Gasteiger partial charge in [0.15, 0.2) is 0 Å². The molecule has 0 fully saturated rings. The highest BCUT2D eigenvalue weighted by Gasteiger charge is 2.22.